The van der Waals surface area contributed by atoms with Gasteiger partial charge in [0, 0.05) is 38.9 Å². The van der Waals surface area contributed by atoms with E-state index in [1.165, 1.54) is 0 Å². The fourth-order valence-electron chi connectivity index (χ4n) is 2.50. The van der Waals surface area contributed by atoms with Crippen LogP contribution in [0.15, 0.2) is 23.2 Å². The summed E-state index contributed by atoms with van der Waals surface area (Å²) in [6.45, 7) is 13.1. The van der Waals surface area contributed by atoms with E-state index in [2.05, 4.69) is 33.1 Å². The van der Waals surface area contributed by atoms with Crippen molar-refractivity contribution in [3.63, 3.8) is 0 Å². The number of hydrogen-bond acceptors (Lipinski definition) is 5. The van der Waals surface area contributed by atoms with Crippen molar-refractivity contribution in [3.05, 3.63) is 29.3 Å². The second kappa shape index (κ2) is 13.7. The lowest BCUT2D eigenvalue weighted by atomic mass is 10.1. The summed E-state index contributed by atoms with van der Waals surface area (Å²) >= 11 is 0. The molecular weight excluding hydrogens is 384 g/mol. The number of benzene rings is 1. The highest BCUT2D eigenvalue weighted by molar-refractivity contribution is 5.79. The Labute approximate surface area is 180 Å². The van der Waals surface area contributed by atoms with Crippen LogP contribution in [0.1, 0.15) is 45.2 Å². The minimum Gasteiger partial charge on any atom is -0.491 e. The van der Waals surface area contributed by atoms with E-state index < -0.39 is 11.7 Å². The van der Waals surface area contributed by atoms with Crippen molar-refractivity contribution in [1.29, 1.82) is 0 Å². The van der Waals surface area contributed by atoms with Crippen LogP contribution in [0.3, 0.4) is 0 Å². The smallest absolute Gasteiger partial charge is 0.407 e. The van der Waals surface area contributed by atoms with Crippen molar-refractivity contribution in [2.24, 2.45) is 4.99 Å². The number of aryl methyl sites for hydroxylation is 1. The number of guanidine groups is 1. The van der Waals surface area contributed by atoms with Crippen LogP contribution in [0, 0.1) is 6.92 Å². The van der Waals surface area contributed by atoms with Gasteiger partial charge in [-0.3, -0.25) is 4.99 Å². The summed E-state index contributed by atoms with van der Waals surface area (Å²) in [6.07, 6.45) is 0.345. The van der Waals surface area contributed by atoms with E-state index in [4.69, 9.17) is 14.2 Å². The van der Waals surface area contributed by atoms with Crippen molar-refractivity contribution < 1.29 is 19.0 Å². The molecule has 1 aromatic carbocycles. The van der Waals surface area contributed by atoms with Crippen LogP contribution >= 0.6 is 0 Å². The lowest BCUT2D eigenvalue weighted by molar-refractivity contribution is 0.0527. The first-order valence-electron chi connectivity index (χ1n) is 10.5. The van der Waals surface area contributed by atoms with Gasteiger partial charge in [0.1, 0.15) is 18.0 Å². The zero-order valence-electron chi connectivity index (χ0n) is 19.3. The van der Waals surface area contributed by atoms with Gasteiger partial charge in [0.15, 0.2) is 5.96 Å². The molecule has 0 saturated heterocycles. The molecular formula is C22H38N4O4. The van der Waals surface area contributed by atoms with Gasteiger partial charge in [-0.05, 0) is 52.7 Å². The maximum atomic E-state index is 11.6. The normalized spacial score (nSPS) is 11.7. The Kier molecular flexibility index (Phi) is 11.7. The van der Waals surface area contributed by atoms with Gasteiger partial charge in [-0.25, -0.2) is 4.79 Å². The standard InChI is InChI=1S/C22H38N4O4/c1-7-28-13-14-29-19-15-17(2)9-10-18(19)16-26-20(23-6)24-11-8-12-25-21(27)30-22(3,4)5/h9-10,15H,7-8,11-14,16H2,1-6H3,(H,25,27)(H2,23,24,26). The van der Waals surface area contributed by atoms with Crippen molar-refractivity contribution in [1.82, 2.24) is 16.0 Å². The Morgan fingerprint density at radius 2 is 1.83 bits per heavy atom. The Bertz CT molecular complexity index is 672. The van der Waals surface area contributed by atoms with E-state index in [1.54, 1.807) is 7.05 Å². The van der Waals surface area contributed by atoms with Crippen LogP contribution < -0.4 is 20.7 Å². The van der Waals surface area contributed by atoms with Gasteiger partial charge in [0.2, 0.25) is 0 Å². The summed E-state index contributed by atoms with van der Waals surface area (Å²) < 4.78 is 16.4. The van der Waals surface area contributed by atoms with E-state index in [9.17, 15) is 4.79 Å². The summed E-state index contributed by atoms with van der Waals surface area (Å²) in [6, 6.07) is 6.14. The first-order valence-corrected chi connectivity index (χ1v) is 10.5. The van der Waals surface area contributed by atoms with Crippen LogP contribution in [0.25, 0.3) is 0 Å². The van der Waals surface area contributed by atoms with E-state index in [0.717, 1.165) is 23.3 Å². The molecule has 8 heteroatoms. The third kappa shape index (κ3) is 11.5. The summed E-state index contributed by atoms with van der Waals surface area (Å²) in [4.78, 5) is 15.9. The SMILES string of the molecule is CCOCCOc1cc(C)ccc1CNC(=NC)NCCCNC(=O)OC(C)(C)C. The molecule has 0 unspecified atom stereocenters. The van der Waals surface area contributed by atoms with Gasteiger partial charge < -0.3 is 30.2 Å². The average molecular weight is 423 g/mol. The molecule has 0 aromatic heterocycles. The molecule has 0 atom stereocenters. The molecule has 0 aliphatic carbocycles. The Hall–Kier alpha value is -2.48. The van der Waals surface area contributed by atoms with Crippen molar-refractivity contribution >= 4 is 12.1 Å². The van der Waals surface area contributed by atoms with Gasteiger partial charge in [-0.2, -0.15) is 0 Å². The van der Waals surface area contributed by atoms with E-state index in [1.807, 2.05) is 40.7 Å². The summed E-state index contributed by atoms with van der Waals surface area (Å²) in [7, 11) is 1.73. The minimum absolute atomic E-state index is 0.402. The third-order valence-corrected chi connectivity index (χ3v) is 3.90. The highest BCUT2D eigenvalue weighted by atomic mass is 16.6. The predicted octanol–water partition coefficient (Wildman–Crippen LogP) is 2.99. The maximum Gasteiger partial charge on any atom is 0.407 e. The highest BCUT2D eigenvalue weighted by Gasteiger charge is 2.15. The van der Waals surface area contributed by atoms with Crippen molar-refractivity contribution in [2.75, 3.05) is 40.0 Å². The second-order valence-electron chi connectivity index (χ2n) is 7.79. The molecule has 0 spiro atoms. The molecule has 0 fully saturated rings. The summed E-state index contributed by atoms with van der Waals surface area (Å²) in [5.41, 5.74) is 1.70. The zero-order chi connectivity index (χ0) is 22.4. The molecule has 0 aliphatic rings. The number of rotatable bonds is 11. The van der Waals surface area contributed by atoms with Crippen LogP contribution in [0.5, 0.6) is 5.75 Å². The lowest BCUT2D eigenvalue weighted by Gasteiger charge is -2.19. The summed E-state index contributed by atoms with van der Waals surface area (Å²) in [5, 5.41) is 9.27. The van der Waals surface area contributed by atoms with Crippen LogP contribution in [0.4, 0.5) is 4.79 Å². The molecule has 1 amide bonds. The number of nitrogens with one attached hydrogen (secondary N) is 3. The predicted molar refractivity (Wildman–Crippen MR) is 120 cm³/mol. The number of hydrogen-bond donors (Lipinski definition) is 3. The van der Waals surface area contributed by atoms with Crippen LogP contribution in [-0.4, -0.2) is 57.6 Å². The molecule has 1 rings (SSSR count). The van der Waals surface area contributed by atoms with Crippen molar-refractivity contribution in [3.8, 4) is 5.75 Å². The van der Waals surface area contributed by atoms with Gasteiger partial charge >= 0.3 is 6.09 Å². The van der Waals surface area contributed by atoms with Gasteiger partial charge in [-0.1, -0.05) is 12.1 Å². The topological polar surface area (TPSA) is 93.2 Å². The van der Waals surface area contributed by atoms with Crippen molar-refractivity contribution in [2.45, 2.75) is 53.2 Å². The monoisotopic (exact) mass is 422 g/mol. The first kappa shape index (κ1) is 25.6. The van der Waals surface area contributed by atoms with E-state index >= 15 is 0 Å². The fraction of sp³-hybridized carbons (Fsp3) is 0.636. The molecule has 0 saturated carbocycles. The first-order chi connectivity index (χ1) is 14.2. The number of aliphatic imine (C=N–C) groups is 1. The third-order valence-electron chi connectivity index (χ3n) is 3.90. The fourth-order valence-corrected chi connectivity index (χ4v) is 2.50. The lowest BCUT2D eigenvalue weighted by Crippen LogP contribution is -2.39. The van der Waals surface area contributed by atoms with Gasteiger partial charge in [0.05, 0.1) is 6.61 Å². The molecule has 0 heterocycles. The summed E-state index contributed by atoms with van der Waals surface area (Å²) in [5.74, 6) is 1.53. The average Bonchev–Trinajstić information content (AvgIpc) is 2.67. The quantitative estimate of drug-likeness (QED) is 0.288. The Balaban J connectivity index is 2.39. The largest absolute Gasteiger partial charge is 0.491 e. The highest BCUT2D eigenvalue weighted by Crippen LogP contribution is 2.20. The molecule has 0 radical (unpaired) electrons. The van der Waals surface area contributed by atoms with Gasteiger partial charge in [0.25, 0.3) is 0 Å². The minimum atomic E-state index is -0.490. The molecule has 1 aromatic rings. The number of carbonyl (C=O) groups is 1. The Morgan fingerprint density at radius 3 is 2.50 bits per heavy atom. The number of carbonyl (C=O) groups excluding carboxylic acids is 1. The van der Waals surface area contributed by atoms with Crippen LogP contribution in [-0.2, 0) is 16.0 Å². The molecule has 30 heavy (non-hydrogen) atoms. The second-order valence-corrected chi connectivity index (χ2v) is 7.79. The zero-order valence-corrected chi connectivity index (χ0v) is 19.3. The van der Waals surface area contributed by atoms with Gasteiger partial charge in [-0.15, -0.1) is 0 Å². The van der Waals surface area contributed by atoms with E-state index in [0.29, 0.717) is 45.4 Å². The number of nitrogens with zero attached hydrogens (tertiary/aromatic N) is 1. The number of amides is 1. The Morgan fingerprint density at radius 1 is 1.10 bits per heavy atom. The number of ether oxygens (including phenoxy) is 3. The van der Waals surface area contributed by atoms with Crippen LogP contribution in [0.2, 0.25) is 0 Å². The molecule has 8 nitrogen and oxygen atoms in total. The number of alkyl carbamates (subject to hydrolysis) is 1. The maximum absolute atomic E-state index is 11.6. The molecule has 0 bridgehead atoms. The molecule has 3 N–H and O–H groups in total. The molecule has 0 aliphatic heterocycles. The molecule has 170 valence electrons. The van der Waals surface area contributed by atoms with E-state index in [-0.39, 0.29) is 0 Å².